The summed E-state index contributed by atoms with van der Waals surface area (Å²) < 4.78 is 39.2. The zero-order valence-corrected chi connectivity index (χ0v) is 12.5. The maximum atomic E-state index is 13.4. The van der Waals surface area contributed by atoms with Gasteiger partial charge in [0.1, 0.15) is 10.8 Å². The summed E-state index contributed by atoms with van der Waals surface area (Å²) in [4.78, 5) is -0.166. The predicted octanol–water partition coefficient (Wildman–Crippen LogP) is 1.88. The van der Waals surface area contributed by atoms with Gasteiger partial charge in [0, 0.05) is 19.2 Å². The van der Waals surface area contributed by atoms with Crippen LogP contribution in [0.1, 0.15) is 25.3 Å². The standard InChI is InChI=1S/C12H17FN2O2S2/c1-3-4-7-15(2)19(16,17)9-5-6-11(13)10(8-9)12(14)18/h5-6,8H,3-4,7H2,1-2H3,(H2,14,18). The summed E-state index contributed by atoms with van der Waals surface area (Å²) in [6.45, 7) is 2.39. The molecule has 0 amide bonds. The van der Waals surface area contributed by atoms with E-state index in [0.717, 1.165) is 18.9 Å². The third kappa shape index (κ3) is 3.71. The predicted molar refractivity (Wildman–Crippen MR) is 77.0 cm³/mol. The van der Waals surface area contributed by atoms with Crippen LogP contribution in [0, 0.1) is 5.82 Å². The Hall–Kier alpha value is -1.05. The van der Waals surface area contributed by atoms with Crippen LogP contribution < -0.4 is 5.73 Å². The van der Waals surface area contributed by atoms with Crippen molar-refractivity contribution >= 4 is 27.2 Å². The Labute approximate surface area is 118 Å². The molecule has 0 bridgehead atoms. The first-order chi connectivity index (χ1) is 8.80. The van der Waals surface area contributed by atoms with Crippen molar-refractivity contribution in [1.82, 2.24) is 4.31 Å². The van der Waals surface area contributed by atoms with Crippen molar-refractivity contribution in [2.45, 2.75) is 24.7 Å². The highest BCUT2D eigenvalue weighted by Gasteiger charge is 2.21. The van der Waals surface area contributed by atoms with Gasteiger partial charge in [-0.1, -0.05) is 25.6 Å². The van der Waals surface area contributed by atoms with Crippen LogP contribution in [0.2, 0.25) is 0 Å². The van der Waals surface area contributed by atoms with Gasteiger partial charge in [0.2, 0.25) is 10.0 Å². The fourth-order valence-corrected chi connectivity index (χ4v) is 2.93. The summed E-state index contributed by atoms with van der Waals surface area (Å²) in [5.41, 5.74) is 5.31. The first kappa shape index (κ1) is 16.0. The Balaban J connectivity index is 3.15. The van der Waals surface area contributed by atoms with E-state index in [1.54, 1.807) is 0 Å². The molecule has 0 unspecified atom stereocenters. The second-order valence-corrected chi connectivity index (χ2v) is 6.67. The molecule has 0 aliphatic carbocycles. The van der Waals surface area contributed by atoms with Crippen molar-refractivity contribution < 1.29 is 12.8 Å². The molecule has 0 atom stereocenters. The lowest BCUT2D eigenvalue weighted by Crippen LogP contribution is -2.28. The van der Waals surface area contributed by atoms with E-state index in [0.29, 0.717) is 6.54 Å². The second-order valence-electron chi connectivity index (χ2n) is 4.19. The number of hydrogen-bond acceptors (Lipinski definition) is 3. The average Bonchev–Trinajstić information content (AvgIpc) is 2.35. The summed E-state index contributed by atoms with van der Waals surface area (Å²) in [5, 5.41) is 0. The maximum absolute atomic E-state index is 13.4. The SMILES string of the molecule is CCCCN(C)S(=O)(=O)c1ccc(F)c(C(N)=S)c1. The van der Waals surface area contributed by atoms with Crippen LogP contribution in [0.5, 0.6) is 0 Å². The number of sulfonamides is 1. The van der Waals surface area contributed by atoms with Gasteiger partial charge in [-0.05, 0) is 24.6 Å². The summed E-state index contributed by atoms with van der Waals surface area (Å²) >= 11 is 4.70. The molecule has 0 aliphatic rings. The van der Waals surface area contributed by atoms with E-state index in [2.05, 4.69) is 0 Å². The fourth-order valence-electron chi connectivity index (χ4n) is 1.53. The molecule has 0 heterocycles. The molecule has 1 aromatic rings. The topological polar surface area (TPSA) is 63.4 Å². The van der Waals surface area contributed by atoms with Crippen molar-refractivity contribution in [2.75, 3.05) is 13.6 Å². The van der Waals surface area contributed by atoms with Gasteiger partial charge in [-0.2, -0.15) is 0 Å². The quantitative estimate of drug-likeness (QED) is 0.815. The Bertz CT molecular complexity index is 573. The first-order valence-electron chi connectivity index (χ1n) is 5.86. The third-order valence-corrected chi connectivity index (χ3v) is 4.81. The van der Waals surface area contributed by atoms with Gasteiger partial charge in [0.05, 0.1) is 4.90 Å². The maximum Gasteiger partial charge on any atom is 0.242 e. The van der Waals surface area contributed by atoms with Crippen molar-refractivity contribution in [2.24, 2.45) is 5.73 Å². The molecule has 0 saturated carbocycles. The second kappa shape index (κ2) is 6.40. The highest BCUT2D eigenvalue weighted by atomic mass is 32.2. The molecule has 4 nitrogen and oxygen atoms in total. The van der Waals surface area contributed by atoms with Crippen LogP contribution >= 0.6 is 12.2 Å². The molecule has 1 aromatic carbocycles. The van der Waals surface area contributed by atoms with Gasteiger partial charge in [-0.3, -0.25) is 0 Å². The lowest BCUT2D eigenvalue weighted by atomic mass is 10.2. The Morgan fingerprint density at radius 1 is 1.47 bits per heavy atom. The Morgan fingerprint density at radius 3 is 2.63 bits per heavy atom. The van der Waals surface area contributed by atoms with E-state index >= 15 is 0 Å². The van der Waals surface area contributed by atoms with Crippen LogP contribution in [0.4, 0.5) is 4.39 Å². The normalized spacial score (nSPS) is 11.8. The van der Waals surface area contributed by atoms with Crippen LogP contribution in [0.25, 0.3) is 0 Å². The van der Waals surface area contributed by atoms with Gasteiger partial charge in [0.15, 0.2) is 0 Å². The van der Waals surface area contributed by atoms with Crippen LogP contribution in [-0.4, -0.2) is 31.3 Å². The minimum atomic E-state index is -3.63. The lowest BCUT2D eigenvalue weighted by Gasteiger charge is -2.17. The van der Waals surface area contributed by atoms with E-state index in [9.17, 15) is 12.8 Å². The molecule has 0 fully saturated rings. The molecule has 0 aliphatic heterocycles. The smallest absolute Gasteiger partial charge is 0.242 e. The number of unbranched alkanes of at least 4 members (excludes halogenated alkanes) is 1. The highest BCUT2D eigenvalue weighted by Crippen LogP contribution is 2.18. The summed E-state index contributed by atoms with van der Waals surface area (Å²) in [5.74, 6) is -0.623. The van der Waals surface area contributed by atoms with Crippen LogP contribution in [0.3, 0.4) is 0 Å². The van der Waals surface area contributed by atoms with Gasteiger partial charge in [0.25, 0.3) is 0 Å². The third-order valence-electron chi connectivity index (χ3n) is 2.74. The van der Waals surface area contributed by atoms with E-state index in [4.69, 9.17) is 18.0 Å². The number of benzene rings is 1. The van der Waals surface area contributed by atoms with Crippen LogP contribution in [-0.2, 0) is 10.0 Å². The zero-order valence-electron chi connectivity index (χ0n) is 10.9. The van der Waals surface area contributed by atoms with Crippen LogP contribution in [0.15, 0.2) is 23.1 Å². The molecular weight excluding hydrogens is 287 g/mol. The number of hydrogen-bond donors (Lipinski definition) is 1. The van der Waals surface area contributed by atoms with Gasteiger partial charge >= 0.3 is 0 Å². The van der Waals surface area contributed by atoms with E-state index in [-0.39, 0.29) is 15.4 Å². The van der Waals surface area contributed by atoms with Crippen molar-refractivity contribution in [3.8, 4) is 0 Å². The number of halogens is 1. The molecule has 0 saturated heterocycles. The zero-order chi connectivity index (χ0) is 14.6. The first-order valence-corrected chi connectivity index (χ1v) is 7.71. The minimum Gasteiger partial charge on any atom is -0.389 e. The number of nitrogens with two attached hydrogens (primary N) is 1. The molecule has 7 heteroatoms. The van der Waals surface area contributed by atoms with Gasteiger partial charge in [-0.25, -0.2) is 17.1 Å². The van der Waals surface area contributed by atoms with Gasteiger partial charge in [-0.15, -0.1) is 0 Å². The Kier molecular flexibility index (Phi) is 5.39. The summed E-state index contributed by atoms with van der Waals surface area (Å²) in [6, 6.07) is 3.46. The molecule has 0 aromatic heterocycles. The van der Waals surface area contributed by atoms with Crippen molar-refractivity contribution in [1.29, 1.82) is 0 Å². The minimum absolute atomic E-state index is 0.00435. The largest absolute Gasteiger partial charge is 0.389 e. The Morgan fingerprint density at radius 2 is 2.11 bits per heavy atom. The van der Waals surface area contributed by atoms with E-state index < -0.39 is 15.8 Å². The average molecular weight is 304 g/mol. The fraction of sp³-hybridized carbons (Fsp3) is 0.417. The van der Waals surface area contributed by atoms with Crippen molar-refractivity contribution in [3.05, 3.63) is 29.6 Å². The van der Waals surface area contributed by atoms with E-state index in [1.165, 1.54) is 23.5 Å². The summed E-state index contributed by atoms with van der Waals surface area (Å²) in [6.07, 6.45) is 1.65. The lowest BCUT2D eigenvalue weighted by molar-refractivity contribution is 0.459. The summed E-state index contributed by atoms with van der Waals surface area (Å²) in [7, 11) is -2.14. The molecule has 2 N–H and O–H groups in total. The number of rotatable bonds is 6. The highest BCUT2D eigenvalue weighted by molar-refractivity contribution is 7.89. The number of nitrogens with zero attached hydrogens (tertiary/aromatic N) is 1. The van der Waals surface area contributed by atoms with Gasteiger partial charge < -0.3 is 5.73 Å². The van der Waals surface area contributed by atoms with E-state index in [1.807, 2.05) is 6.92 Å². The molecule has 0 spiro atoms. The molecule has 0 radical (unpaired) electrons. The molecular formula is C12H17FN2O2S2. The molecule has 106 valence electrons. The monoisotopic (exact) mass is 304 g/mol. The molecule has 19 heavy (non-hydrogen) atoms. The number of thiocarbonyl (C=S) groups is 1. The molecule has 1 rings (SSSR count). The van der Waals surface area contributed by atoms with Crippen molar-refractivity contribution in [3.63, 3.8) is 0 Å².